The van der Waals surface area contributed by atoms with E-state index in [1.54, 1.807) is 7.11 Å². The number of hydrogen-bond donors (Lipinski definition) is 1. The number of aliphatic hydroxyl groups excluding tert-OH is 1. The maximum Gasteiger partial charge on any atom is 0.123 e. The Morgan fingerprint density at radius 3 is 2.50 bits per heavy atom. The molecule has 1 aliphatic rings. The van der Waals surface area contributed by atoms with Crippen molar-refractivity contribution >= 4 is 0 Å². The van der Waals surface area contributed by atoms with E-state index in [1.165, 1.54) is 37.1 Å². The summed E-state index contributed by atoms with van der Waals surface area (Å²) in [7, 11) is 3.90. The summed E-state index contributed by atoms with van der Waals surface area (Å²) in [5.74, 6) is 2.55. The van der Waals surface area contributed by atoms with Crippen LogP contribution in [-0.2, 0) is 13.0 Å². The van der Waals surface area contributed by atoms with E-state index in [1.807, 2.05) is 24.3 Å². The average molecular weight is 413 g/mol. The highest BCUT2D eigenvalue weighted by Crippen LogP contribution is 2.23. The molecule has 5 nitrogen and oxygen atoms in total. The van der Waals surface area contributed by atoms with Crippen molar-refractivity contribution in [1.82, 2.24) is 9.80 Å². The fraction of sp³-hybridized carbons (Fsp3) is 0.520. The zero-order valence-corrected chi connectivity index (χ0v) is 18.4. The van der Waals surface area contributed by atoms with Crippen LogP contribution in [0.15, 0.2) is 48.5 Å². The first-order valence-electron chi connectivity index (χ1n) is 11.0. The molecule has 0 radical (unpaired) electrons. The van der Waals surface area contributed by atoms with Crippen molar-refractivity contribution in [2.75, 3.05) is 53.6 Å². The Kier molecular flexibility index (Phi) is 9.00. The third-order valence-corrected chi connectivity index (χ3v) is 5.91. The van der Waals surface area contributed by atoms with Crippen molar-refractivity contribution in [3.63, 3.8) is 0 Å². The predicted octanol–water partition coefficient (Wildman–Crippen LogP) is 3.45. The Morgan fingerprint density at radius 2 is 1.80 bits per heavy atom. The molecule has 1 heterocycles. The van der Waals surface area contributed by atoms with Gasteiger partial charge in [-0.25, -0.2) is 0 Å². The smallest absolute Gasteiger partial charge is 0.123 e. The summed E-state index contributed by atoms with van der Waals surface area (Å²) < 4.78 is 10.9. The quantitative estimate of drug-likeness (QED) is 0.612. The Morgan fingerprint density at radius 1 is 1.07 bits per heavy atom. The predicted molar refractivity (Wildman–Crippen MR) is 121 cm³/mol. The lowest BCUT2D eigenvalue weighted by Gasteiger charge is -2.34. The molecule has 0 unspecified atom stereocenters. The summed E-state index contributed by atoms with van der Waals surface area (Å²) in [6, 6.07) is 16.6. The highest BCUT2D eigenvalue weighted by molar-refractivity contribution is 5.33. The Balaban J connectivity index is 1.39. The largest absolute Gasteiger partial charge is 0.497 e. The summed E-state index contributed by atoms with van der Waals surface area (Å²) in [6.45, 7) is 5.87. The standard InChI is InChI=1S/C25H36N2O3/c1-26(20-23-5-3-4-6-25(23)30-18-17-28)19-22-12-15-27(16-13-22)14-11-21-7-9-24(29-2)10-8-21/h3-10,22,28H,11-20H2,1-2H3. The van der Waals surface area contributed by atoms with Crippen LogP contribution in [0.4, 0.5) is 0 Å². The molecule has 1 saturated heterocycles. The minimum absolute atomic E-state index is 0.0429. The first-order chi connectivity index (χ1) is 14.7. The second-order valence-corrected chi connectivity index (χ2v) is 8.26. The summed E-state index contributed by atoms with van der Waals surface area (Å²) in [5.41, 5.74) is 2.56. The number of aliphatic hydroxyl groups is 1. The van der Waals surface area contributed by atoms with Gasteiger partial charge in [0.15, 0.2) is 0 Å². The molecule has 0 spiro atoms. The zero-order valence-electron chi connectivity index (χ0n) is 18.4. The van der Waals surface area contributed by atoms with Crippen LogP contribution in [0.3, 0.4) is 0 Å². The van der Waals surface area contributed by atoms with E-state index >= 15 is 0 Å². The van der Waals surface area contributed by atoms with Gasteiger partial charge in [-0.3, -0.25) is 0 Å². The van der Waals surface area contributed by atoms with E-state index in [9.17, 15) is 0 Å². The summed E-state index contributed by atoms with van der Waals surface area (Å²) >= 11 is 0. The number of likely N-dealkylation sites (tertiary alicyclic amines) is 1. The van der Waals surface area contributed by atoms with Crippen LogP contribution < -0.4 is 9.47 Å². The Hall–Kier alpha value is -2.08. The molecule has 0 atom stereocenters. The van der Waals surface area contributed by atoms with E-state index < -0.39 is 0 Å². The molecule has 30 heavy (non-hydrogen) atoms. The molecule has 0 aromatic heterocycles. The maximum atomic E-state index is 9.02. The maximum absolute atomic E-state index is 9.02. The van der Waals surface area contributed by atoms with E-state index in [0.717, 1.165) is 43.5 Å². The van der Waals surface area contributed by atoms with Crippen molar-refractivity contribution < 1.29 is 14.6 Å². The van der Waals surface area contributed by atoms with E-state index in [0.29, 0.717) is 6.61 Å². The summed E-state index contributed by atoms with van der Waals surface area (Å²) in [6.07, 6.45) is 3.62. The number of rotatable bonds is 11. The molecule has 5 heteroatoms. The minimum Gasteiger partial charge on any atom is -0.497 e. The van der Waals surface area contributed by atoms with Crippen LogP contribution in [0.25, 0.3) is 0 Å². The molecular weight excluding hydrogens is 376 g/mol. The van der Waals surface area contributed by atoms with Gasteiger partial charge in [-0.1, -0.05) is 30.3 Å². The van der Waals surface area contributed by atoms with Crippen LogP contribution in [0.2, 0.25) is 0 Å². The van der Waals surface area contributed by atoms with Gasteiger partial charge in [0.2, 0.25) is 0 Å². The lowest BCUT2D eigenvalue weighted by molar-refractivity contribution is 0.152. The third-order valence-electron chi connectivity index (χ3n) is 5.91. The highest BCUT2D eigenvalue weighted by atomic mass is 16.5. The highest BCUT2D eigenvalue weighted by Gasteiger charge is 2.20. The molecule has 0 saturated carbocycles. The lowest BCUT2D eigenvalue weighted by atomic mass is 9.95. The SMILES string of the molecule is COc1ccc(CCN2CCC(CN(C)Cc3ccccc3OCCO)CC2)cc1. The molecule has 3 rings (SSSR count). The molecule has 164 valence electrons. The molecular formula is C25H36N2O3. The second-order valence-electron chi connectivity index (χ2n) is 8.26. The van der Waals surface area contributed by atoms with Crippen LogP contribution in [-0.4, -0.2) is 68.5 Å². The lowest BCUT2D eigenvalue weighted by Crippen LogP contribution is -2.38. The number of ether oxygens (including phenoxy) is 2. The van der Waals surface area contributed by atoms with Gasteiger partial charge in [0.05, 0.1) is 13.7 Å². The van der Waals surface area contributed by atoms with Gasteiger partial charge in [0, 0.05) is 25.2 Å². The number of benzene rings is 2. The second kappa shape index (κ2) is 11.9. The number of nitrogens with zero attached hydrogens (tertiary/aromatic N) is 2. The normalized spacial score (nSPS) is 15.5. The molecule has 1 N–H and O–H groups in total. The topological polar surface area (TPSA) is 45.2 Å². The summed E-state index contributed by atoms with van der Waals surface area (Å²) in [4.78, 5) is 5.00. The van der Waals surface area contributed by atoms with E-state index in [4.69, 9.17) is 14.6 Å². The molecule has 1 aliphatic heterocycles. The van der Waals surface area contributed by atoms with E-state index in [2.05, 4.69) is 41.1 Å². The Labute approximate surface area is 181 Å². The van der Waals surface area contributed by atoms with E-state index in [-0.39, 0.29) is 6.61 Å². The third kappa shape index (κ3) is 7.01. The first-order valence-corrected chi connectivity index (χ1v) is 11.0. The van der Waals surface area contributed by atoms with Gasteiger partial charge in [-0.2, -0.15) is 0 Å². The van der Waals surface area contributed by atoms with Gasteiger partial charge < -0.3 is 24.4 Å². The van der Waals surface area contributed by atoms with Crippen LogP contribution in [0.1, 0.15) is 24.0 Å². The van der Waals surface area contributed by atoms with Gasteiger partial charge in [-0.05, 0) is 69.1 Å². The number of hydrogen-bond acceptors (Lipinski definition) is 5. The van der Waals surface area contributed by atoms with Crippen molar-refractivity contribution in [2.45, 2.75) is 25.8 Å². The molecule has 2 aromatic carbocycles. The average Bonchev–Trinajstić information content (AvgIpc) is 2.78. The molecule has 2 aromatic rings. The van der Waals surface area contributed by atoms with Crippen molar-refractivity contribution in [1.29, 1.82) is 0 Å². The van der Waals surface area contributed by atoms with Gasteiger partial charge in [0.1, 0.15) is 18.1 Å². The van der Waals surface area contributed by atoms with Gasteiger partial charge in [0.25, 0.3) is 0 Å². The van der Waals surface area contributed by atoms with Gasteiger partial charge >= 0.3 is 0 Å². The van der Waals surface area contributed by atoms with Crippen molar-refractivity contribution in [3.8, 4) is 11.5 Å². The molecule has 0 aliphatic carbocycles. The van der Waals surface area contributed by atoms with Gasteiger partial charge in [-0.15, -0.1) is 0 Å². The monoisotopic (exact) mass is 412 g/mol. The zero-order chi connectivity index (χ0) is 21.2. The van der Waals surface area contributed by atoms with Crippen LogP contribution >= 0.6 is 0 Å². The fourth-order valence-corrected chi connectivity index (χ4v) is 4.20. The van der Waals surface area contributed by atoms with Crippen LogP contribution in [0, 0.1) is 5.92 Å². The molecule has 1 fully saturated rings. The van der Waals surface area contributed by atoms with Crippen molar-refractivity contribution in [2.24, 2.45) is 5.92 Å². The van der Waals surface area contributed by atoms with Crippen LogP contribution in [0.5, 0.6) is 11.5 Å². The number of methoxy groups -OCH3 is 1. The fourth-order valence-electron chi connectivity index (χ4n) is 4.20. The first kappa shape index (κ1) is 22.6. The Bertz CT molecular complexity index is 742. The molecule has 0 amide bonds. The summed E-state index contributed by atoms with van der Waals surface area (Å²) in [5, 5.41) is 9.02. The number of piperidine rings is 1. The minimum atomic E-state index is 0.0429. The number of para-hydroxylation sites is 1. The molecule has 0 bridgehead atoms. The van der Waals surface area contributed by atoms with Crippen molar-refractivity contribution in [3.05, 3.63) is 59.7 Å².